The van der Waals surface area contributed by atoms with Crippen molar-refractivity contribution in [3.8, 4) is 17.2 Å². The molecule has 1 aliphatic carbocycles. The van der Waals surface area contributed by atoms with Gasteiger partial charge in [-0.05, 0) is 25.3 Å². The average molecular weight is 315 g/mol. The highest BCUT2D eigenvalue weighted by Crippen LogP contribution is 2.43. The third-order valence-electron chi connectivity index (χ3n) is 4.01. The molecule has 1 unspecified atom stereocenters. The smallest absolute Gasteiger partial charge is 0.205 e. The number of anilines is 1. The first kappa shape index (κ1) is 15.4. The van der Waals surface area contributed by atoms with Gasteiger partial charge >= 0.3 is 0 Å². The Hall–Kier alpha value is -2.50. The number of methoxy groups -OCH3 is 3. The van der Waals surface area contributed by atoms with Crippen molar-refractivity contribution in [2.75, 3.05) is 26.6 Å². The minimum atomic E-state index is 0.279. The number of aromatic nitrogens is 2. The number of hydrogen-bond donors (Lipinski definition) is 1. The maximum Gasteiger partial charge on any atom is 0.205 e. The lowest BCUT2D eigenvalue weighted by Crippen LogP contribution is -2.19. The number of rotatable bonds is 5. The molecular formula is C17H21N3O3. The van der Waals surface area contributed by atoms with Gasteiger partial charge in [-0.25, -0.2) is 9.97 Å². The topological polar surface area (TPSA) is 65.5 Å². The highest BCUT2D eigenvalue weighted by molar-refractivity contribution is 5.96. The lowest BCUT2D eigenvalue weighted by molar-refractivity contribution is 0.327. The zero-order valence-electron chi connectivity index (χ0n) is 13.6. The highest BCUT2D eigenvalue weighted by Gasteiger charge is 2.20. The van der Waals surface area contributed by atoms with Gasteiger partial charge in [-0.1, -0.05) is 12.2 Å². The van der Waals surface area contributed by atoms with Crippen molar-refractivity contribution < 1.29 is 14.2 Å². The van der Waals surface area contributed by atoms with Crippen LogP contribution in [-0.2, 0) is 0 Å². The van der Waals surface area contributed by atoms with Gasteiger partial charge in [0, 0.05) is 6.04 Å². The largest absolute Gasteiger partial charge is 0.493 e. The molecule has 0 saturated heterocycles. The Morgan fingerprint density at radius 3 is 2.57 bits per heavy atom. The molecule has 122 valence electrons. The predicted molar refractivity (Wildman–Crippen MR) is 89.6 cm³/mol. The third kappa shape index (κ3) is 2.88. The van der Waals surface area contributed by atoms with E-state index in [4.69, 9.17) is 14.2 Å². The van der Waals surface area contributed by atoms with Crippen LogP contribution in [0.15, 0.2) is 24.5 Å². The second-order valence-electron chi connectivity index (χ2n) is 5.37. The first-order valence-corrected chi connectivity index (χ1v) is 7.65. The van der Waals surface area contributed by atoms with Gasteiger partial charge in [-0.15, -0.1) is 0 Å². The molecule has 1 N–H and O–H groups in total. The molecule has 3 rings (SSSR count). The maximum atomic E-state index is 5.50. The number of nitrogens with zero attached hydrogens (tertiary/aromatic N) is 2. The standard InChI is InChI=1S/C17H21N3O3/c1-21-13-9-12-14(16(23-3)15(13)22-2)18-10-19-17(12)20-11-7-5-4-6-8-11/h5,7,9-11H,4,6,8H2,1-3H3,(H,18,19,20). The van der Waals surface area contributed by atoms with E-state index in [1.54, 1.807) is 21.3 Å². The fourth-order valence-corrected chi connectivity index (χ4v) is 2.89. The first-order chi connectivity index (χ1) is 11.3. The van der Waals surface area contributed by atoms with Crippen LogP contribution in [0.4, 0.5) is 5.82 Å². The zero-order valence-corrected chi connectivity index (χ0v) is 13.6. The fraction of sp³-hybridized carbons (Fsp3) is 0.412. The lowest BCUT2D eigenvalue weighted by atomic mass is 10.0. The number of ether oxygens (including phenoxy) is 3. The Balaban J connectivity index is 2.12. The molecule has 1 atom stereocenters. The summed E-state index contributed by atoms with van der Waals surface area (Å²) in [5, 5.41) is 4.32. The Morgan fingerprint density at radius 2 is 1.91 bits per heavy atom. The maximum absolute atomic E-state index is 5.50. The summed E-state index contributed by atoms with van der Waals surface area (Å²) < 4.78 is 16.3. The van der Waals surface area contributed by atoms with Crippen LogP contribution >= 0.6 is 0 Å². The number of nitrogens with one attached hydrogen (secondary N) is 1. The van der Waals surface area contributed by atoms with E-state index in [1.165, 1.54) is 12.7 Å². The number of benzene rings is 1. The van der Waals surface area contributed by atoms with E-state index in [9.17, 15) is 0 Å². The SMILES string of the molecule is COc1cc2c(NC3C=CCCC3)ncnc2c(OC)c1OC. The summed E-state index contributed by atoms with van der Waals surface area (Å²) in [5.41, 5.74) is 0.697. The van der Waals surface area contributed by atoms with E-state index in [0.717, 1.165) is 24.0 Å². The van der Waals surface area contributed by atoms with Crippen molar-refractivity contribution in [2.45, 2.75) is 25.3 Å². The van der Waals surface area contributed by atoms with Crippen molar-refractivity contribution in [1.29, 1.82) is 0 Å². The molecule has 0 aliphatic heterocycles. The van der Waals surface area contributed by atoms with Gasteiger partial charge in [0.2, 0.25) is 5.75 Å². The monoisotopic (exact) mass is 315 g/mol. The summed E-state index contributed by atoms with van der Waals surface area (Å²) in [7, 11) is 4.78. The van der Waals surface area contributed by atoms with Crippen molar-refractivity contribution in [2.24, 2.45) is 0 Å². The van der Waals surface area contributed by atoms with Crippen LogP contribution < -0.4 is 19.5 Å². The summed E-state index contributed by atoms with van der Waals surface area (Å²) in [5.74, 6) is 2.44. The van der Waals surface area contributed by atoms with Crippen molar-refractivity contribution in [3.63, 3.8) is 0 Å². The molecule has 1 heterocycles. The van der Waals surface area contributed by atoms with Gasteiger partial charge < -0.3 is 19.5 Å². The fourth-order valence-electron chi connectivity index (χ4n) is 2.89. The number of fused-ring (bicyclic) bond motifs is 1. The minimum absolute atomic E-state index is 0.279. The van der Waals surface area contributed by atoms with E-state index in [-0.39, 0.29) is 6.04 Å². The van der Waals surface area contributed by atoms with E-state index < -0.39 is 0 Å². The van der Waals surface area contributed by atoms with E-state index in [0.29, 0.717) is 22.8 Å². The van der Waals surface area contributed by atoms with Crippen LogP contribution in [-0.4, -0.2) is 37.3 Å². The summed E-state index contributed by atoms with van der Waals surface area (Å²) in [6.07, 6.45) is 9.33. The molecule has 1 aromatic carbocycles. The van der Waals surface area contributed by atoms with Crippen LogP contribution in [0, 0.1) is 0 Å². The van der Waals surface area contributed by atoms with Crippen molar-refractivity contribution in [1.82, 2.24) is 9.97 Å². The van der Waals surface area contributed by atoms with Gasteiger partial charge in [-0.2, -0.15) is 0 Å². The summed E-state index contributed by atoms with van der Waals surface area (Å²) in [6.45, 7) is 0. The molecule has 23 heavy (non-hydrogen) atoms. The lowest BCUT2D eigenvalue weighted by Gasteiger charge is -2.20. The Morgan fingerprint density at radius 1 is 1.09 bits per heavy atom. The van der Waals surface area contributed by atoms with Gasteiger partial charge in [0.1, 0.15) is 17.7 Å². The molecule has 0 amide bonds. The van der Waals surface area contributed by atoms with Crippen LogP contribution in [0.3, 0.4) is 0 Å². The van der Waals surface area contributed by atoms with E-state index >= 15 is 0 Å². The van der Waals surface area contributed by atoms with E-state index in [1.807, 2.05) is 6.07 Å². The van der Waals surface area contributed by atoms with Crippen LogP contribution in [0.2, 0.25) is 0 Å². The van der Waals surface area contributed by atoms with Gasteiger partial charge in [0.25, 0.3) is 0 Å². The molecule has 2 aromatic rings. The van der Waals surface area contributed by atoms with Crippen molar-refractivity contribution in [3.05, 3.63) is 24.5 Å². The second-order valence-corrected chi connectivity index (χ2v) is 5.37. The predicted octanol–water partition coefficient (Wildman–Crippen LogP) is 3.18. The molecule has 0 saturated carbocycles. The molecule has 0 spiro atoms. The number of allylic oxidation sites excluding steroid dienone is 1. The highest BCUT2D eigenvalue weighted by atomic mass is 16.5. The second kappa shape index (κ2) is 6.73. The first-order valence-electron chi connectivity index (χ1n) is 7.65. The summed E-state index contributed by atoms with van der Waals surface area (Å²) >= 11 is 0. The zero-order chi connectivity index (χ0) is 16.2. The Kier molecular flexibility index (Phi) is 4.50. The van der Waals surface area contributed by atoms with Crippen LogP contribution in [0.25, 0.3) is 10.9 Å². The molecule has 6 heteroatoms. The summed E-state index contributed by atoms with van der Waals surface area (Å²) in [4.78, 5) is 8.76. The van der Waals surface area contributed by atoms with Crippen LogP contribution in [0.5, 0.6) is 17.2 Å². The average Bonchev–Trinajstić information content (AvgIpc) is 2.61. The Labute approximate surface area is 135 Å². The molecule has 1 aliphatic rings. The molecule has 0 radical (unpaired) electrons. The Bertz CT molecular complexity index is 731. The molecule has 1 aromatic heterocycles. The number of hydrogen-bond acceptors (Lipinski definition) is 6. The molecule has 0 fully saturated rings. The minimum Gasteiger partial charge on any atom is -0.493 e. The summed E-state index contributed by atoms with van der Waals surface area (Å²) in [6, 6.07) is 2.16. The molecule has 6 nitrogen and oxygen atoms in total. The van der Waals surface area contributed by atoms with Gasteiger partial charge in [0.15, 0.2) is 11.5 Å². The quantitative estimate of drug-likeness (QED) is 0.855. The normalized spacial score (nSPS) is 17.1. The van der Waals surface area contributed by atoms with Crippen molar-refractivity contribution >= 4 is 16.7 Å². The van der Waals surface area contributed by atoms with E-state index in [2.05, 4.69) is 27.4 Å². The molecule has 0 bridgehead atoms. The van der Waals surface area contributed by atoms with Gasteiger partial charge in [-0.3, -0.25) is 0 Å². The van der Waals surface area contributed by atoms with Crippen LogP contribution in [0.1, 0.15) is 19.3 Å². The van der Waals surface area contributed by atoms with Gasteiger partial charge in [0.05, 0.1) is 26.7 Å². The third-order valence-corrected chi connectivity index (χ3v) is 4.01. The molecular weight excluding hydrogens is 294 g/mol.